The summed E-state index contributed by atoms with van der Waals surface area (Å²) < 4.78 is 13.0. The molecule has 120 valence electrons. The summed E-state index contributed by atoms with van der Waals surface area (Å²) in [6.45, 7) is 6.37. The number of hydrogen-bond acceptors (Lipinski definition) is 2. The number of carbonyl (C=O) groups is 1. The molecule has 0 spiro atoms. The summed E-state index contributed by atoms with van der Waals surface area (Å²) in [7, 11) is 0. The predicted octanol–water partition coefficient (Wildman–Crippen LogP) is 3.08. The standard InChI is InChI=1S/C18H25FN2O/c1-15-5-3-11-21(14-15)12-4-10-20-18(22)9-8-16-6-2-7-17(19)13-16/h2,6-9,13,15H,3-5,10-12,14H2,1H3,(H,20,22)/b9-8+. The number of nitrogens with one attached hydrogen (secondary N) is 1. The first-order valence-electron chi connectivity index (χ1n) is 8.07. The summed E-state index contributed by atoms with van der Waals surface area (Å²) in [4.78, 5) is 14.2. The van der Waals surface area contributed by atoms with Gasteiger partial charge in [-0.25, -0.2) is 4.39 Å². The zero-order valence-corrected chi connectivity index (χ0v) is 13.2. The van der Waals surface area contributed by atoms with Gasteiger partial charge < -0.3 is 10.2 Å². The lowest BCUT2D eigenvalue weighted by Gasteiger charge is -2.30. The Morgan fingerprint density at radius 1 is 1.50 bits per heavy atom. The first-order chi connectivity index (χ1) is 10.6. The maximum absolute atomic E-state index is 13.0. The molecule has 1 atom stereocenters. The highest BCUT2D eigenvalue weighted by molar-refractivity contribution is 5.91. The second-order valence-corrected chi connectivity index (χ2v) is 6.08. The van der Waals surface area contributed by atoms with E-state index in [0.29, 0.717) is 12.1 Å². The number of benzene rings is 1. The van der Waals surface area contributed by atoms with Gasteiger partial charge >= 0.3 is 0 Å². The molecule has 1 fully saturated rings. The largest absolute Gasteiger partial charge is 0.353 e. The summed E-state index contributed by atoms with van der Waals surface area (Å²) in [5, 5.41) is 2.87. The SMILES string of the molecule is CC1CCCN(CCCNC(=O)/C=C/c2cccc(F)c2)C1. The molecule has 0 radical (unpaired) electrons. The van der Waals surface area contributed by atoms with Gasteiger partial charge in [-0.1, -0.05) is 19.1 Å². The van der Waals surface area contributed by atoms with E-state index < -0.39 is 0 Å². The van der Waals surface area contributed by atoms with Gasteiger partial charge in [0.15, 0.2) is 0 Å². The van der Waals surface area contributed by atoms with Gasteiger partial charge in [-0.2, -0.15) is 0 Å². The highest BCUT2D eigenvalue weighted by atomic mass is 19.1. The molecule has 0 aliphatic carbocycles. The Hall–Kier alpha value is -1.68. The van der Waals surface area contributed by atoms with Crippen molar-refractivity contribution in [3.8, 4) is 0 Å². The summed E-state index contributed by atoms with van der Waals surface area (Å²) >= 11 is 0. The molecule has 0 aromatic heterocycles. The average molecular weight is 304 g/mol. The molecular formula is C18H25FN2O. The fourth-order valence-electron chi connectivity index (χ4n) is 2.85. The smallest absolute Gasteiger partial charge is 0.243 e. The zero-order valence-electron chi connectivity index (χ0n) is 13.2. The number of piperidine rings is 1. The number of rotatable bonds is 6. The summed E-state index contributed by atoms with van der Waals surface area (Å²) in [6, 6.07) is 6.19. The minimum atomic E-state index is -0.293. The Kier molecular flexibility index (Phi) is 6.59. The van der Waals surface area contributed by atoms with E-state index in [4.69, 9.17) is 0 Å². The van der Waals surface area contributed by atoms with E-state index in [0.717, 1.165) is 18.9 Å². The quantitative estimate of drug-likeness (QED) is 0.647. The molecule has 1 aliphatic rings. The molecule has 1 aliphatic heterocycles. The van der Waals surface area contributed by atoms with Crippen LogP contribution in [0.3, 0.4) is 0 Å². The van der Waals surface area contributed by atoms with Crippen LogP contribution in [-0.4, -0.2) is 37.0 Å². The van der Waals surface area contributed by atoms with Gasteiger partial charge in [0.2, 0.25) is 5.91 Å². The fourth-order valence-corrected chi connectivity index (χ4v) is 2.85. The van der Waals surface area contributed by atoms with Crippen LogP contribution in [0.25, 0.3) is 6.08 Å². The van der Waals surface area contributed by atoms with Crippen LogP contribution < -0.4 is 5.32 Å². The monoisotopic (exact) mass is 304 g/mol. The van der Waals surface area contributed by atoms with E-state index in [2.05, 4.69) is 17.1 Å². The van der Waals surface area contributed by atoms with E-state index in [1.165, 1.54) is 44.1 Å². The van der Waals surface area contributed by atoms with E-state index in [1.807, 2.05) is 0 Å². The topological polar surface area (TPSA) is 32.3 Å². The van der Waals surface area contributed by atoms with Gasteiger partial charge in [0.25, 0.3) is 0 Å². The van der Waals surface area contributed by atoms with E-state index in [9.17, 15) is 9.18 Å². The molecule has 2 rings (SSSR count). The number of amides is 1. The number of nitrogens with zero attached hydrogens (tertiary/aromatic N) is 1. The van der Waals surface area contributed by atoms with Crippen molar-refractivity contribution in [2.24, 2.45) is 5.92 Å². The van der Waals surface area contributed by atoms with Crippen LogP contribution in [-0.2, 0) is 4.79 Å². The molecule has 22 heavy (non-hydrogen) atoms. The van der Waals surface area contributed by atoms with Crippen LogP contribution in [0.5, 0.6) is 0 Å². The van der Waals surface area contributed by atoms with E-state index in [1.54, 1.807) is 18.2 Å². The molecule has 1 unspecified atom stereocenters. The third-order valence-electron chi connectivity index (χ3n) is 3.97. The van der Waals surface area contributed by atoms with Gasteiger partial charge in [-0.15, -0.1) is 0 Å². The second kappa shape index (κ2) is 8.69. The normalized spacial score (nSPS) is 19.5. The van der Waals surface area contributed by atoms with Crippen LogP contribution in [0.15, 0.2) is 30.3 Å². The van der Waals surface area contributed by atoms with Gasteiger partial charge in [0, 0.05) is 19.2 Å². The van der Waals surface area contributed by atoms with Crippen molar-refractivity contribution in [2.45, 2.75) is 26.2 Å². The average Bonchev–Trinajstić information content (AvgIpc) is 2.50. The van der Waals surface area contributed by atoms with Crippen LogP contribution in [0.1, 0.15) is 31.7 Å². The van der Waals surface area contributed by atoms with Gasteiger partial charge in [-0.05, 0) is 62.0 Å². The van der Waals surface area contributed by atoms with Gasteiger partial charge in [0.05, 0.1) is 0 Å². The molecule has 1 aromatic carbocycles. The Bertz CT molecular complexity index is 516. The summed E-state index contributed by atoms with van der Waals surface area (Å²) in [5.41, 5.74) is 0.692. The molecule has 1 amide bonds. The zero-order chi connectivity index (χ0) is 15.8. The lowest BCUT2D eigenvalue weighted by Crippen LogP contribution is -2.36. The molecule has 1 saturated heterocycles. The van der Waals surface area contributed by atoms with Gasteiger partial charge in [0.1, 0.15) is 5.82 Å². The first kappa shape index (κ1) is 16.7. The molecule has 0 bridgehead atoms. The van der Waals surface area contributed by atoms with Crippen LogP contribution in [0.2, 0.25) is 0 Å². The molecule has 1 aromatic rings. The first-order valence-corrected chi connectivity index (χ1v) is 8.07. The highest BCUT2D eigenvalue weighted by Gasteiger charge is 2.15. The molecule has 1 N–H and O–H groups in total. The van der Waals surface area contributed by atoms with Crippen molar-refractivity contribution in [1.29, 1.82) is 0 Å². The number of halogens is 1. The van der Waals surface area contributed by atoms with Crippen molar-refractivity contribution in [2.75, 3.05) is 26.2 Å². The molecule has 3 nitrogen and oxygen atoms in total. The molecule has 1 heterocycles. The van der Waals surface area contributed by atoms with Crippen LogP contribution in [0, 0.1) is 11.7 Å². The third-order valence-corrected chi connectivity index (χ3v) is 3.97. The van der Waals surface area contributed by atoms with E-state index in [-0.39, 0.29) is 11.7 Å². The maximum Gasteiger partial charge on any atom is 0.243 e. The number of hydrogen-bond donors (Lipinski definition) is 1. The van der Waals surface area contributed by atoms with Crippen molar-refractivity contribution in [3.63, 3.8) is 0 Å². The van der Waals surface area contributed by atoms with Crippen LogP contribution in [0.4, 0.5) is 4.39 Å². The highest BCUT2D eigenvalue weighted by Crippen LogP contribution is 2.15. The van der Waals surface area contributed by atoms with Crippen molar-refractivity contribution < 1.29 is 9.18 Å². The van der Waals surface area contributed by atoms with E-state index >= 15 is 0 Å². The predicted molar refractivity (Wildman–Crippen MR) is 87.9 cm³/mol. The Morgan fingerprint density at radius 2 is 2.36 bits per heavy atom. The number of carbonyl (C=O) groups excluding carboxylic acids is 1. The lowest BCUT2D eigenvalue weighted by atomic mass is 10.0. The Morgan fingerprint density at radius 3 is 3.14 bits per heavy atom. The van der Waals surface area contributed by atoms with Crippen molar-refractivity contribution in [1.82, 2.24) is 10.2 Å². The third kappa shape index (κ3) is 5.98. The van der Waals surface area contributed by atoms with Crippen molar-refractivity contribution in [3.05, 3.63) is 41.7 Å². The van der Waals surface area contributed by atoms with Crippen molar-refractivity contribution >= 4 is 12.0 Å². The van der Waals surface area contributed by atoms with Crippen LogP contribution >= 0.6 is 0 Å². The Balaban J connectivity index is 1.63. The Labute approximate surface area is 132 Å². The fraction of sp³-hybridized carbons (Fsp3) is 0.500. The maximum atomic E-state index is 13.0. The second-order valence-electron chi connectivity index (χ2n) is 6.08. The molecule has 0 saturated carbocycles. The lowest BCUT2D eigenvalue weighted by molar-refractivity contribution is -0.116. The number of likely N-dealkylation sites (tertiary alicyclic amines) is 1. The summed E-state index contributed by atoms with van der Waals surface area (Å²) in [6.07, 6.45) is 6.66. The molecule has 4 heteroatoms. The minimum Gasteiger partial charge on any atom is -0.353 e. The molecular weight excluding hydrogens is 279 g/mol. The summed E-state index contributed by atoms with van der Waals surface area (Å²) in [5.74, 6) is 0.368. The minimum absolute atomic E-state index is 0.128. The van der Waals surface area contributed by atoms with Gasteiger partial charge in [-0.3, -0.25) is 4.79 Å².